The summed E-state index contributed by atoms with van der Waals surface area (Å²) >= 11 is 0. The largest absolute Gasteiger partial charge is 0.241 e. The van der Waals surface area contributed by atoms with Gasteiger partial charge >= 0.3 is 0 Å². The van der Waals surface area contributed by atoms with E-state index in [0.29, 0.717) is 22.3 Å². The van der Waals surface area contributed by atoms with Crippen LogP contribution in [0.3, 0.4) is 0 Å². The summed E-state index contributed by atoms with van der Waals surface area (Å²) in [5.74, 6) is 0. The van der Waals surface area contributed by atoms with Crippen molar-refractivity contribution in [3.63, 3.8) is 0 Å². The quantitative estimate of drug-likeness (QED) is 0.669. The van der Waals surface area contributed by atoms with Crippen LogP contribution in [-0.4, -0.2) is 29.9 Å². The van der Waals surface area contributed by atoms with Gasteiger partial charge in [-0.05, 0) is 63.8 Å². The van der Waals surface area contributed by atoms with Crippen LogP contribution in [0.2, 0.25) is 0 Å². The van der Waals surface area contributed by atoms with E-state index in [0.717, 1.165) is 11.1 Å². The fraction of sp³-hybridized carbons (Fsp3) is 0.400. The van der Waals surface area contributed by atoms with Crippen molar-refractivity contribution >= 4 is 20.0 Å². The molecule has 0 saturated carbocycles. The Kier molecular flexibility index (Phi) is 6.70. The Morgan fingerprint density at radius 2 is 0.821 bits per heavy atom. The Bertz CT molecular complexity index is 970. The second-order valence-electron chi connectivity index (χ2n) is 7.25. The first-order valence-electron chi connectivity index (χ1n) is 9.00. The number of rotatable bonds is 7. The molecular weight excluding hydrogens is 396 g/mol. The zero-order valence-electron chi connectivity index (χ0n) is 17.2. The van der Waals surface area contributed by atoms with Crippen molar-refractivity contribution < 1.29 is 16.8 Å². The number of sulfonamides is 2. The van der Waals surface area contributed by atoms with Gasteiger partial charge in [0.25, 0.3) is 0 Å². The molecular formula is C20H28N2O4S2. The van der Waals surface area contributed by atoms with Crippen molar-refractivity contribution in [2.75, 3.05) is 13.1 Å². The van der Waals surface area contributed by atoms with Crippen molar-refractivity contribution in [2.45, 2.75) is 51.3 Å². The minimum Gasteiger partial charge on any atom is -0.210 e. The number of nitrogens with one attached hydrogen (secondary N) is 2. The molecule has 0 unspecified atom stereocenters. The molecule has 8 heteroatoms. The van der Waals surface area contributed by atoms with Gasteiger partial charge in [-0.3, -0.25) is 0 Å². The van der Waals surface area contributed by atoms with Gasteiger partial charge in [-0.2, -0.15) is 0 Å². The summed E-state index contributed by atoms with van der Waals surface area (Å²) in [6, 6.07) is 7.25. The molecule has 0 atom stereocenters. The molecule has 0 aliphatic rings. The van der Waals surface area contributed by atoms with E-state index >= 15 is 0 Å². The molecule has 6 nitrogen and oxygen atoms in total. The van der Waals surface area contributed by atoms with Crippen molar-refractivity contribution in [2.24, 2.45) is 0 Å². The van der Waals surface area contributed by atoms with Gasteiger partial charge in [0.2, 0.25) is 20.0 Å². The van der Waals surface area contributed by atoms with Crippen LogP contribution in [0, 0.1) is 41.5 Å². The maximum atomic E-state index is 12.6. The number of benzene rings is 2. The Morgan fingerprint density at radius 3 is 1.07 bits per heavy atom. The first kappa shape index (κ1) is 22.5. The predicted octanol–water partition coefficient (Wildman–Crippen LogP) is 2.79. The minimum absolute atomic E-state index is 0.0434. The molecule has 0 fully saturated rings. The summed E-state index contributed by atoms with van der Waals surface area (Å²) < 4.78 is 55.5. The highest BCUT2D eigenvalue weighted by Crippen LogP contribution is 2.22. The molecule has 2 rings (SSSR count). The standard InChI is InChI=1S/C20H28N2O4S2/c1-13-9-15(3)19(16(4)10-13)27(23,24)21-7-8-22-28(25,26)20-17(5)11-14(2)12-18(20)6/h9-12,21-22H,7-8H2,1-6H3. The van der Waals surface area contributed by atoms with E-state index in [4.69, 9.17) is 0 Å². The predicted molar refractivity (Wildman–Crippen MR) is 112 cm³/mol. The Hall–Kier alpha value is -1.74. The molecule has 0 spiro atoms. The van der Waals surface area contributed by atoms with Crippen LogP contribution >= 0.6 is 0 Å². The summed E-state index contributed by atoms with van der Waals surface area (Å²) in [6.45, 7) is 10.7. The lowest BCUT2D eigenvalue weighted by Crippen LogP contribution is -2.35. The normalized spacial score (nSPS) is 12.4. The minimum atomic E-state index is -3.73. The fourth-order valence-electron chi connectivity index (χ4n) is 3.70. The third-order valence-corrected chi connectivity index (χ3v) is 7.99. The molecule has 0 aliphatic carbocycles. The van der Waals surface area contributed by atoms with Crippen molar-refractivity contribution in [1.82, 2.24) is 9.44 Å². The van der Waals surface area contributed by atoms with Crippen LogP contribution in [0.5, 0.6) is 0 Å². The number of aryl methyl sites for hydroxylation is 6. The highest BCUT2D eigenvalue weighted by molar-refractivity contribution is 7.90. The van der Waals surface area contributed by atoms with E-state index in [9.17, 15) is 16.8 Å². The zero-order valence-corrected chi connectivity index (χ0v) is 18.8. The maximum absolute atomic E-state index is 12.6. The highest BCUT2D eigenvalue weighted by atomic mass is 32.2. The molecule has 0 amide bonds. The molecule has 0 saturated heterocycles. The van der Waals surface area contributed by atoms with E-state index in [1.165, 1.54) is 0 Å². The average Bonchev–Trinajstić information content (AvgIpc) is 2.48. The van der Waals surface area contributed by atoms with Gasteiger partial charge in [-0.25, -0.2) is 26.3 Å². The van der Waals surface area contributed by atoms with E-state index in [1.54, 1.807) is 27.7 Å². The first-order valence-corrected chi connectivity index (χ1v) is 12.0. The van der Waals surface area contributed by atoms with E-state index in [2.05, 4.69) is 9.44 Å². The smallest absolute Gasteiger partial charge is 0.210 e. The molecule has 28 heavy (non-hydrogen) atoms. The first-order chi connectivity index (χ1) is 12.8. The monoisotopic (exact) mass is 424 g/mol. The van der Waals surface area contributed by atoms with E-state index < -0.39 is 20.0 Å². The molecule has 0 aliphatic heterocycles. The summed E-state index contributed by atoms with van der Waals surface area (Å²) in [6.07, 6.45) is 0. The summed E-state index contributed by atoms with van der Waals surface area (Å²) in [5, 5.41) is 0. The van der Waals surface area contributed by atoms with Gasteiger partial charge in [0, 0.05) is 13.1 Å². The van der Waals surface area contributed by atoms with Gasteiger partial charge < -0.3 is 0 Å². The van der Waals surface area contributed by atoms with Gasteiger partial charge in [0.05, 0.1) is 9.79 Å². The molecule has 0 bridgehead atoms. The van der Waals surface area contributed by atoms with Crippen LogP contribution in [0.15, 0.2) is 34.1 Å². The molecule has 2 aromatic carbocycles. The topological polar surface area (TPSA) is 92.3 Å². The van der Waals surface area contributed by atoms with E-state index in [-0.39, 0.29) is 22.9 Å². The third-order valence-electron chi connectivity index (χ3n) is 4.46. The maximum Gasteiger partial charge on any atom is 0.241 e. The van der Waals surface area contributed by atoms with Crippen LogP contribution in [0.4, 0.5) is 0 Å². The van der Waals surface area contributed by atoms with Crippen molar-refractivity contribution in [1.29, 1.82) is 0 Å². The Morgan fingerprint density at radius 1 is 0.571 bits per heavy atom. The summed E-state index contributed by atoms with van der Waals surface area (Å²) in [4.78, 5) is 0.484. The Balaban J connectivity index is 2.10. The molecule has 154 valence electrons. The highest BCUT2D eigenvalue weighted by Gasteiger charge is 2.22. The molecule has 2 aromatic rings. The van der Waals surface area contributed by atoms with Crippen LogP contribution in [0.1, 0.15) is 33.4 Å². The van der Waals surface area contributed by atoms with Crippen molar-refractivity contribution in [3.05, 3.63) is 57.6 Å². The second kappa shape index (κ2) is 8.32. The molecule has 2 N–H and O–H groups in total. The van der Waals surface area contributed by atoms with Gasteiger partial charge in [-0.1, -0.05) is 35.4 Å². The SMILES string of the molecule is Cc1cc(C)c(S(=O)(=O)NCCNS(=O)(=O)c2c(C)cc(C)cc2C)c(C)c1. The van der Waals surface area contributed by atoms with Gasteiger partial charge in [0.15, 0.2) is 0 Å². The van der Waals surface area contributed by atoms with Crippen LogP contribution in [-0.2, 0) is 20.0 Å². The summed E-state index contributed by atoms with van der Waals surface area (Å²) in [5.41, 5.74) is 4.64. The van der Waals surface area contributed by atoms with Crippen molar-refractivity contribution in [3.8, 4) is 0 Å². The number of hydrogen-bond donors (Lipinski definition) is 2. The van der Waals surface area contributed by atoms with Gasteiger partial charge in [-0.15, -0.1) is 0 Å². The Labute approximate surface area is 168 Å². The lowest BCUT2D eigenvalue weighted by Gasteiger charge is -2.15. The summed E-state index contributed by atoms with van der Waals surface area (Å²) in [7, 11) is -7.46. The lowest BCUT2D eigenvalue weighted by molar-refractivity contribution is 0.569. The van der Waals surface area contributed by atoms with Crippen LogP contribution < -0.4 is 9.44 Å². The third kappa shape index (κ3) is 5.00. The van der Waals surface area contributed by atoms with E-state index in [1.807, 2.05) is 38.1 Å². The lowest BCUT2D eigenvalue weighted by atomic mass is 10.1. The average molecular weight is 425 g/mol. The molecule has 0 aromatic heterocycles. The molecule has 0 heterocycles. The van der Waals surface area contributed by atoms with Gasteiger partial charge in [0.1, 0.15) is 0 Å². The zero-order chi connectivity index (χ0) is 21.3. The van der Waals surface area contributed by atoms with Crippen LogP contribution in [0.25, 0.3) is 0 Å². The fourth-order valence-corrected chi connectivity index (χ4v) is 6.66. The number of hydrogen-bond acceptors (Lipinski definition) is 4. The second-order valence-corrected chi connectivity index (χ2v) is 10.7. The molecule has 0 radical (unpaired) electrons.